The number of carbonyl (C=O) groups excluding carboxylic acids is 1. The first-order valence-corrected chi connectivity index (χ1v) is 7.52. The van der Waals surface area contributed by atoms with E-state index in [1.807, 2.05) is 38.1 Å². The Bertz CT molecular complexity index is 655. The van der Waals surface area contributed by atoms with Gasteiger partial charge in [0.25, 0.3) is 5.91 Å². The summed E-state index contributed by atoms with van der Waals surface area (Å²) in [7, 11) is 1.60. The summed E-state index contributed by atoms with van der Waals surface area (Å²) in [5.74, 6) is 0.604. The van der Waals surface area contributed by atoms with Crippen molar-refractivity contribution in [1.29, 1.82) is 0 Å². The van der Waals surface area contributed by atoms with Gasteiger partial charge >= 0.3 is 0 Å². The Labute approximate surface area is 133 Å². The Morgan fingerprint density at radius 1 is 1.24 bits per heavy atom. The molecule has 21 heavy (non-hydrogen) atoms. The van der Waals surface area contributed by atoms with E-state index >= 15 is 0 Å². The van der Waals surface area contributed by atoms with Crippen LogP contribution in [0.25, 0.3) is 0 Å². The lowest BCUT2D eigenvalue weighted by atomic mass is 10.0. The van der Waals surface area contributed by atoms with Crippen molar-refractivity contribution in [2.45, 2.75) is 19.9 Å². The number of aryl methyl sites for hydroxylation is 1. The molecule has 1 N–H and O–H groups in total. The van der Waals surface area contributed by atoms with Crippen molar-refractivity contribution in [3.8, 4) is 5.75 Å². The van der Waals surface area contributed by atoms with Crippen LogP contribution in [0.4, 0.5) is 0 Å². The summed E-state index contributed by atoms with van der Waals surface area (Å²) in [6.07, 6.45) is 0. The van der Waals surface area contributed by atoms with Gasteiger partial charge in [0.2, 0.25) is 0 Å². The van der Waals surface area contributed by atoms with Gasteiger partial charge in [-0.3, -0.25) is 4.79 Å². The zero-order valence-electron chi connectivity index (χ0n) is 12.3. The first kappa shape index (κ1) is 15.6. The van der Waals surface area contributed by atoms with Crippen molar-refractivity contribution in [2.75, 3.05) is 7.11 Å². The third-order valence-electron chi connectivity index (χ3n) is 3.42. The maximum absolute atomic E-state index is 12.3. The molecule has 4 heteroatoms. The summed E-state index contributed by atoms with van der Waals surface area (Å²) < 4.78 is 5.93. The highest BCUT2D eigenvalue weighted by Crippen LogP contribution is 2.26. The lowest BCUT2D eigenvalue weighted by Gasteiger charge is -2.17. The van der Waals surface area contributed by atoms with Crippen LogP contribution in [-0.4, -0.2) is 13.0 Å². The Balaban J connectivity index is 2.14. The quantitative estimate of drug-likeness (QED) is 0.897. The average Bonchev–Trinajstić information content (AvgIpc) is 2.47. The van der Waals surface area contributed by atoms with Crippen molar-refractivity contribution < 1.29 is 9.53 Å². The lowest BCUT2D eigenvalue weighted by Crippen LogP contribution is -2.27. The van der Waals surface area contributed by atoms with Crippen LogP contribution in [0.3, 0.4) is 0 Å². The zero-order chi connectivity index (χ0) is 15.4. The normalized spacial score (nSPS) is 11.8. The smallest absolute Gasteiger partial charge is 0.251 e. The molecule has 2 aromatic rings. The minimum Gasteiger partial charge on any atom is -0.496 e. The van der Waals surface area contributed by atoms with E-state index in [2.05, 4.69) is 21.2 Å². The minimum absolute atomic E-state index is 0.0421. The second-order valence-electron chi connectivity index (χ2n) is 4.90. The van der Waals surface area contributed by atoms with Crippen LogP contribution in [0.15, 0.2) is 46.9 Å². The summed E-state index contributed by atoms with van der Waals surface area (Å²) >= 11 is 3.39. The number of amides is 1. The van der Waals surface area contributed by atoms with Gasteiger partial charge in [0.1, 0.15) is 5.75 Å². The number of rotatable bonds is 4. The number of hydrogen-bond acceptors (Lipinski definition) is 2. The summed E-state index contributed by atoms with van der Waals surface area (Å²) in [6.45, 7) is 4.03. The molecule has 0 aliphatic heterocycles. The summed E-state index contributed by atoms with van der Waals surface area (Å²) in [6, 6.07) is 13.3. The van der Waals surface area contributed by atoms with E-state index in [4.69, 9.17) is 4.74 Å². The fourth-order valence-corrected chi connectivity index (χ4v) is 2.78. The lowest BCUT2D eigenvalue weighted by molar-refractivity contribution is 0.0939. The van der Waals surface area contributed by atoms with Crippen molar-refractivity contribution in [3.05, 3.63) is 63.6 Å². The van der Waals surface area contributed by atoms with E-state index in [9.17, 15) is 4.79 Å². The van der Waals surface area contributed by atoms with Crippen LogP contribution in [0.2, 0.25) is 0 Å². The van der Waals surface area contributed by atoms with Gasteiger partial charge in [-0.25, -0.2) is 0 Å². The van der Waals surface area contributed by atoms with Gasteiger partial charge < -0.3 is 10.1 Å². The monoisotopic (exact) mass is 347 g/mol. The van der Waals surface area contributed by atoms with Crippen molar-refractivity contribution in [3.63, 3.8) is 0 Å². The molecular formula is C17H18BrNO2. The first-order valence-electron chi connectivity index (χ1n) is 6.73. The van der Waals surface area contributed by atoms with Gasteiger partial charge in [0.15, 0.2) is 0 Å². The molecule has 0 aliphatic rings. The topological polar surface area (TPSA) is 38.3 Å². The van der Waals surface area contributed by atoms with Crippen LogP contribution in [0.1, 0.15) is 34.5 Å². The molecule has 0 saturated heterocycles. The molecule has 110 valence electrons. The van der Waals surface area contributed by atoms with Gasteiger partial charge in [-0.2, -0.15) is 0 Å². The number of halogens is 1. The van der Waals surface area contributed by atoms with Crippen molar-refractivity contribution in [1.82, 2.24) is 5.32 Å². The number of benzene rings is 2. The molecule has 0 spiro atoms. The highest BCUT2D eigenvalue weighted by atomic mass is 79.9. The van der Waals surface area contributed by atoms with Gasteiger partial charge in [-0.15, -0.1) is 0 Å². The predicted octanol–water partition coefficient (Wildman–Crippen LogP) is 4.26. The maximum Gasteiger partial charge on any atom is 0.251 e. The molecule has 0 radical (unpaired) electrons. The van der Waals surface area contributed by atoms with E-state index in [1.54, 1.807) is 25.3 Å². The molecule has 0 fully saturated rings. The minimum atomic E-state index is -0.103. The Morgan fingerprint density at radius 3 is 2.57 bits per heavy atom. The van der Waals surface area contributed by atoms with E-state index in [0.29, 0.717) is 11.3 Å². The van der Waals surface area contributed by atoms with Gasteiger partial charge in [0, 0.05) is 5.56 Å². The highest BCUT2D eigenvalue weighted by molar-refractivity contribution is 9.10. The summed E-state index contributed by atoms with van der Waals surface area (Å²) in [5.41, 5.74) is 2.89. The number of ether oxygens (including phenoxy) is 1. The first-order chi connectivity index (χ1) is 10.0. The largest absolute Gasteiger partial charge is 0.496 e. The number of methoxy groups -OCH3 is 1. The molecule has 3 nitrogen and oxygen atoms in total. The number of nitrogens with one attached hydrogen (secondary N) is 1. The number of carbonyl (C=O) groups is 1. The third-order valence-corrected chi connectivity index (χ3v) is 4.04. The van der Waals surface area contributed by atoms with Crippen LogP contribution >= 0.6 is 15.9 Å². The average molecular weight is 348 g/mol. The molecule has 0 aliphatic carbocycles. The van der Waals surface area contributed by atoms with Gasteiger partial charge in [-0.1, -0.05) is 24.3 Å². The highest BCUT2D eigenvalue weighted by Gasteiger charge is 2.14. The second kappa shape index (κ2) is 6.76. The second-order valence-corrected chi connectivity index (χ2v) is 5.76. The predicted molar refractivity (Wildman–Crippen MR) is 87.8 cm³/mol. The van der Waals surface area contributed by atoms with E-state index in [1.165, 1.54) is 5.56 Å². The summed E-state index contributed by atoms with van der Waals surface area (Å²) in [4.78, 5) is 12.3. The molecular weight excluding hydrogens is 330 g/mol. The van der Waals surface area contributed by atoms with Crippen LogP contribution < -0.4 is 10.1 Å². The van der Waals surface area contributed by atoms with E-state index in [-0.39, 0.29) is 11.9 Å². The molecule has 1 atom stereocenters. The molecule has 0 aromatic heterocycles. The fraction of sp³-hybridized carbons (Fsp3) is 0.235. The molecule has 0 bridgehead atoms. The van der Waals surface area contributed by atoms with E-state index in [0.717, 1.165) is 10.0 Å². The third kappa shape index (κ3) is 3.64. The van der Waals surface area contributed by atoms with E-state index < -0.39 is 0 Å². The molecule has 1 unspecified atom stereocenters. The van der Waals surface area contributed by atoms with Gasteiger partial charge in [-0.05, 0) is 59.1 Å². The van der Waals surface area contributed by atoms with Crippen LogP contribution in [0, 0.1) is 6.92 Å². The number of hydrogen-bond donors (Lipinski definition) is 1. The molecule has 1 amide bonds. The molecule has 2 rings (SSSR count). The van der Waals surface area contributed by atoms with Crippen LogP contribution in [0.5, 0.6) is 5.75 Å². The zero-order valence-corrected chi connectivity index (χ0v) is 13.9. The molecule has 0 saturated carbocycles. The van der Waals surface area contributed by atoms with Gasteiger partial charge in [0.05, 0.1) is 17.6 Å². The Kier molecular flexibility index (Phi) is 5.02. The standard InChI is InChI=1S/C17H18BrNO2/c1-11-6-4-5-7-14(11)12(2)19-17(20)13-8-9-16(21-3)15(18)10-13/h4-10,12H,1-3H3,(H,19,20). The Hall–Kier alpha value is -1.81. The molecule has 0 heterocycles. The summed E-state index contributed by atoms with van der Waals surface area (Å²) in [5, 5.41) is 3.02. The van der Waals surface area contributed by atoms with Crippen molar-refractivity contribution in [2.24, 2.45) is 0 Å². The SMILES string of the molecule is COc1ccc(C(=O)NC(C)c2ccccc2C)cc1Br. The molecule has 2 aromatic carbocycles. The Morgan fingerprint density at radius 2 is 1.95 bits per heavy atom. The maximum atomic E-state index is 12.3. The van der Waals surface area contributed by atoms with Crippen LogP contribution in [-0.2, 0) is 0 Å². The fourth-order valence-electron chi connectivity index (χ4n) is 2.24. The van der Waals surface area contributed by atoms with Crippen molar-refractivity contribution >= 4 is 21.8 Å².